The second-order valence-corrected chi connectivity index (χ2v) is 15.3. The van der Waals surface area contributed by atoms with Crippen molar-refractivity contribution in [1.29, 1.82) is 0 Å². The standard InChI is InChI=1S/C46H28N6OS2/c1-3-9-43-39(7-1)49-45(54-43)29-11-14-32(15-12-29)51(33-19-22-47-23-20-33)35-17-18-37-38-25-30-13-16-34(24-31(30)26-41(38)53-42(37)27-35)52(36-6-5-21-48-28-36)46-50-40-8-2-4-10-44(40)55-46/h1-28H. The van der Waals surface area contributed by atoms with Crippen LogP contribution in [0, 0.1) is 0 Å². The first-order chi connectivity index (χ1) is 27.2. The third kappa shape index (κ3) is 5.56. The zero-order valence-electron chi connectivity index (χ0n) is 29.1. The van der Waals surface area contributed by atoms with Crippen LogP contribution in [0.1, 0.15) is 0 Å². The summed E-state index contributed by atoms with van der Waals surface area (Å²) < 4.78 is 8.98. The molecule has 0 aliphatic rings. The minimum Gasteiger partial charge on any atom is -0.456 e. The van der Waals surface area contributed by atoms with Gasteiger partial charge in [-0.2, -0.15) is 0 Å². The Morgan fingerprint density at radius 3 is 1.95 bits per heavy atom. The highest BCUT2D eigenvalue weighted by molar-refractivity contribution is 7.22. The van der Waals surface area contributed by atoms with Crippen molar-refractivity contribution in [3.05, 3.63) is 170 Å². The Balaban J connectivity index is 0.986. The molecule has 5 heterocycles. The van der Waals surface area contributed by atoms with Crippen molar-refractivity contribution in [2.24, 2.45) is 0 Å². The summed E-state index contributed by atoms with van der Waals surface area (Å²) in [6, 6.07) is 50.5. The number of pyridine rings is 2. The number of hydrogen-bond donors (Lipinski definition) is 0. The number of nitrogens with zero attached hydrogens (tertiary/aromatic N) is 6. The summed E-state index contributed by atoms with van der Waals surface area (Å²) in [6.07, 6.45) is 7.32. The first-order valence-corrected chi connectivity index (χ1v) is 19.5. The normalized spacial score (nSPS) is 11.6. The third-order valence-corrected chi connectivity index (χ3v) is 12.0. The van der Waals surface area contributed by atoms with Crippen LogP contribution in [-0.4, -0.2) is 19.9 Å². The topological polar surface area (TPSA) is 71.2 Å². The molecule has 260 valence electrons. The molecule has 0 atom stereocenters. The molecule has 0 spiro atoms. The van der Waals surface area contributed by atoms with E-state index in [1.165, 1.54) is 4.70 Å². The summed E-state index contributed by atoms with van der Waals surface area (Å²) in [4.78, 5) is 23.0. The van der Waals surface area contributed by atoms with Gasteiger partial charge in [0, 0.05) is 63.7 Å². The molecule has 11 aromatic rings. The smallest absolute Gasteiger partial charge is 0.195 e. The molecule has 9 heteroatoms. The fourth-order valence-electron chi connectivity index (χ4n) is 7.27. The molecule has 0 bridgehead atoms. The largest absolute Gasteiger partial charge is 0.456 e. The summed E-state index contributed by atoms with van der Waals surface area (Å²) in [7, 11) is 0. The highest BCUT2D eigenvalue weighted by Gasteiger charge is 2.20. The van der Waals surface area contributed by atoms with Crippen molar-refractivity contribution in [3.8, 4) is 10.6 Å². The van der Waals surface area contributed by atoms with E-state index in [0.29, 0.717) is 0 Å². The number of anilines is 6. The highest BCUT2D eigenvalue weighted by atomic mass is 32.1. The highest BCUT2D eigenvalue weighted by Crippen LogP contribution is 2.43. The van der Waals surface area contributed by atoms with Gasteiger partial charge in [-0.15, -0.1) is 11.3 Å². The van der Waals surface area contributed by atoms with E-state index in [2.05, 4.69) is 135 Å². The Labute approximate surface area is 323 Å². The predicted molar refractivity (Wildman–Crippen MR) is 228 cm³/mol. The predicted octanol–water partition coefficient (Wildman–Crippen LogP) is 13.4. The van der Waals surface area contributed by atoms with Gasteiger partial charge in [0.25, 0.3) is 0 Å². The van der Waals surface area contributed by atoms with E-state index in [0.717, 1.165) is 92.6 Å². The van der Waals surface area contributed by atoms with Crippen LogP contribution >= 0.6 is 22.7 Å². The molecule has 0 saturated heterocycles. The number of fused-ring (bicyclic) bond motifs is 6. The van der Waals surface area contributed by atoms with Gasteiger partial charge >= 0.3 is 0 Å². The molecule has 0 saturated carbocycles. The van der Waals surface area contributed by atoms with Crippen molar-refractivity contribution in [2.45, 2.75) is 0 Å². The Morgan fingerprint density at radius 2 is 1.16 bits per heavy atom. The van der Waals surface area contributed by atoms with Crippen molar-refractivity contribution < 1.29 is 4.42 Å². The molecule has 0 amide bonds. The van der Waals surface area contributed by atoms with Gasteiger partial charge in [0.1, 0.15) is 16.2 Å². The Morgan fingerprint density at radius 1 is 0.455 bits per heavy atom. The summed E-state index contributed by atoms with van der Waals surface area (Å²) in [5.74, 6) is 0. The van der Waals surface area contributed by atoms with Gasteiger partial charge < -0.3 is 9.32 Å². The molecule has 0 radical (unpaired) electrons. The molecule has 11 rings (SSSR count). The maximum Gasteiger partial charge on any atom is 0.195 e. The molecular formula is C46H28N6OS2. The van der Waals surface area contributed by atoms with E-state index < -0.39 is 0 Å². The van der Waals surface area contributed by atoms with Gasteiger partial charge in [0.2, 0.25) is 0 Å². The van der Waals surface area contributed by atoms with Crippen LogP contribution in [0.5, 0.6) is 0 Å². The lowest BCUT2D eigenvalue weighted by molar-refractivity contribution is 0.669. The number of benzene rings is 6. The maximum atomic E-state index is 6.66. The number of para-hydroxylation sites is 2. The minimum atomic E-state index is 0.819. The SMILES string of the molecule is c1cncc(N(c2ccc3cc4c(cc3c2)oc2cc(N(c3ccncc3)c3ccc(-c5nc6ccccc6s5)cc3)ccc24)c2nc3ccccc3s2)c1. The van der Waals surface area contributed by atoms with Crippen LogP contribution in [0.2, 0.25) is 0 Å². The number of aromatic nitrogens is 4. The van der Waals surface area contributed by atoms with Gasteiger partial charge in [0.05, 0.1) is 32.3 Å². The zero-order chi connectivity index (χ0) is 36.3. The fourth-order valence-corrected chi connectivity index (χ4v) is 9.25. The summed E-state index contributed by atoms with van der Waals surface area (Å²) in [5, 5.41) is 6.24. The number of thiazole rings is 2. The summed E-state index contributed by atoms with van der Waals surface area (Å²) >= 11 is 3.37. The zero-order valence-corrected chi connectivity index (χ0v) is 30.7. The van der Waals surface area contributed by atoms with Gasteiger partial charge in [-0.05, 0) is 120 Å². The molecule has 0 fully saturated rings. The van der Waals surface area contributed by atoms with Gasteiger partial charge in [-0.25, -0.2) is 9.97 Å². The Bertz CT molecular complexity index is 3110. The monoisotopic (exact) mass is 744 g/mol. The second-order valence-electron chi connectivity index (χ2n) is 13.2. The maximum absolute atomic E-state index is 6.66. The number of hydrogen-bond acceptors (Lipinski definition) is 9. The average molecular weight is 745 g/mol. The fraction of sp³-hybridized carbons (Fsp3) is 0. The second kappa shape index (κ2) is 12.9. The van der Waals surface area contributed by atoms with Crippen LogP contribution < -0.4 is 9.80 Å². The molecule has 0 aliphatic carbocycles. The van der Waals surface area contributed by atoms with Crippen LogP contribution in [0.25, 0.3) is 63.7 Å². The van der Waals surface area contributed by atoms with Crippen LogP contribution in [0.3, 0.4) is 0 Å². The van der Waals surface area contributed by atoms with Crippen LogP contribution in [0.4, 0.5) is 33.6 Å². The number of furan rings is 1. The summed E-state index contributed by atoms with van der Waals surface area (Å²) in [6.45, 7) is 0. The van der Waals surface area contributed by atoms with E-state index in [1.807, 2.05) is 48.9 Å². The quantitative estimate of drug-likeness (QED) is 0.161. The van der Waals surface area contributed by atoms with Gasteiger partial charge in [-0.3, -0.25) is 14.9 Å². The first-order valence-electron chi connectivity index (χ1n) is 17.8. The van der Waals surface area contributed by atoms with Crippen molar-refractivity contribution >= 4 is 109 Å². The molecule has 5 aromatic heterocycles. The number of rotatable bonds is 7. The van der Waals surface area contributed by atoms with E-state index in [9.17, 15) is 0 Å². The molecule has 0 unspecified atom stereocenters. The lowest BCUT2D eigenvalue weighted by Gasteiger charge is -2.25. The van der Waals surface area contributed by atoms with Crippen LogP contribution in [0.15, 0.2) is 175 Å². The van der Waals surface area contributed by atoms with E-state index >= 15 is 0 Å². The third-order valence-electron chi connectivity index (χ3n) is 9.88. The Hall–Kier alpha value is -6.94. The first kappa shape index (κ1) is 31.6. The minimum absolute atomic E-state index is 0.819. The van der Waals surface area contributed by atoms with E-state index in [-0.39, 0.29) is 0 Å². The summed E-state index contributed by atoms with van der Waals surface area (Å²) in [5.41, 5.74) is 9.70. The van der Waals surface area contributed by atoms with Gasteiger partial charge in [-0.1, -0.05) is 41.7 Å². The van der Waals surface area contributed by atoms with E-state index in [4.69, 9.17) is 14.4 Å². The molecule has 55 heavy (non-hydrogen) atoms. The van der Waals surface area contributed by atoms with Gasteiger partial charge in [0.15, 0.2) is 5.13 Å². The van der Waals surface area contributed by atoms with Crippen molar-refractivity contribution in [3.63, 3.8) is 0 Å². The molecule has 6 aromatic carbocycles. The average Bonchev–Trinajstić information content (AvgIpc) is 3.96. The molecule has 0 N–H and O–H groups in total. The van der Waals surface area contributed by atoms with Crippen molar-refractivity contribution in [1.82, 2.24) is 19.9 Å². The molecule has 7 nitrogen and oxygen atoms in total. The lowest BCUT2D eigenvalue weighted by atomic mass is 10.0. The molecule has 0 aliphatic heterocycles. The van der Waals surface area contributed by atoms with Crippen molar-refractivity contribution in [2.75, 3.05) is 9.80 Å². The molecular weight excluding hydrogens is 717 g/mol. The Kier molecular flexibility index (Phi) is 7.39. The lowest BCUT2D eigenvalue weighted by Crippen LogP contribution is -2.09. The van der Waals surface area contributed by atoms with E-state index in [1.54, 1.807) is 28.9 Å². The van der Waals surface area contributed by atoms with Crippen LogP contribution in [-0.2, 0) is 0 Å².